The summed E-state index contributed by atoms with van der Waals surface area (Å²) in [6.45, 7) is 1.96. The van der Waals surface area contributed by atoms with E-state index in [1.165, 1.54) is 26.8 Å². The molecular weight excluding hydrogens is 585 g/mol. The van der Waals surface area contributed by atoms with Gasteiger partial charge in [0.25, 0.3) is 0 Å². The Balaban J connectivity index is 1.23. The van der Waals surface area contributed by atoms with Crippen molar-refractivity contribution in [1.82, 2.24) is 13.9 Å². The van der Waals surface area contributed by atoms with Crippen molar-refractivity contribution in [1.29, 1.82) is 0 Å². The highest BCUT2D eigenvalue weighted by Gasteiger charge is 2.32. The number of ether oxygens (including phenoxy) is 1. The number of hydrogen-bond donors (Lipinski definition) is 1. The molecule has 0 radical (unpaired) electrons. The molecule has 2 saturated heterocycles. The quantitative estimate of drug-likeness (QED) is 0.405. The molecule has 0 spiro atoms. The minimum absolute atomic E-state index is 0.104. The van der Waals surface area contributed by atoms with Crippen LogP contribution in [-0.4, -0.2) is 70.7 Å². The Bertz CT molecular complexity index is 1360. The number of nitrogens with zero attached hydrogens (tertiary/aromatic N) is 2. The second kappa shape index (κ2) is 13.2. The molecule has 2 fully saturated rings. The Morgan fingerprint density at radius 2 is 1.62 bits per heavy atom. The first-order chi connectivity index (χ1) is 18.6. The minimum atomic E-state index is -3.67. The van der Waals surface area contributed by atoms with E-state index in [9.17, 15) is 21.6 Å². The number of carbonyl (C=O) groups is 1. The number of nitrogens with one attached hydrogen (secondary N) is 1. The number of hydrogen-bond acceptors (Lipinski definition) is 6. The first kappa shape index (κ1) is 30.1. The van der Waals surface area contributed by atoms with E-state index in [0.29, 0.717) is 48.8 Å². The Kier molecular flexibility index (Phi) is 10.2. The maximum absolute atomic E-state index is 13.0. The summed E-state index contributed by atoms with van der Waals surface area (Å²) in [6, 6.07) is 11.0. The molecule has 2 aliphatic heterocycles. The zero-order valence-corrected chi connectivity index (χ0v) is 24.7. The summed E-state index contributed by atoms with van der Waals surface area (Å²) < 4.78 is 60.1. The van der Waals surface area contributed by atoms with Gasteiger partial charge in [-0.25, -0.2) is 21.1 Å². The average Bonchev–Trinajstić information content (AvgIpc) is 2.93. The number of halogens is 2. The predicted molar refractivity (Wildman–Crippen MR) is 151 cm³/mol. The Labute approximate surface area is 240 Å². The lowest BCUT2D eigenvalue weighted by atomic mass is 9.99. The summed E-state index contributed by atoms with van der Waals surface area (Å²) in [4.78, 5) is 13.0. The van der Waals surface area contributed by atoms with Crippen LogP contribution in [0.4, 0.5) is 0 Å². The van der Waals surface area contributed by atoms with Crippen molar-refractivity contribution in [3.63, 3.8) is 0 Å². The fourth-order valence-corrected chi connectivity index (χ4v) is 8.50. The molecule has 13 heteroatoms. The molecule has 1 unspecified atom stereocenters. The number of benzene rings is 2. The smallest absolute Gasteiger partial charge is 0.243 e. The molecule has 0 aromatic heterocycles. The van der Waals surface area contributed by atoms with E-state index in [0.717, 1.165) is 19.3 Å². The van der Waals surface area contributed by atoms with Gasteiger partial charge in [0.15, 0.2) is 0 Å². The molecule has 214 valence electrons. The molecule has 39 heavy (non-hydrogen) atoms. The van der Waals surface area contributed by atoms with Gasteiger partial charge in [-0.2, -0.15) is 4.31 Å². The van der Waals surface area contributed by atoms with E-state index < -0.39 is 26.0 Å². The van der Waals surface area contributed by atoms with Crippen LogP contribution in [0.5, 0.6) is 5.75 Å². The van der Waals surface area contributed by atoms with Gasteiger partial charge in [0, 0.05) is 36.2 Å². The monoisotopic (exact) mass is 617 g/mol. The third-order valence-electron chi connectivity index (χ3n) is 6.95. The number of carbonyl (C=O) groups excluding carboxylic acids is 1. The maximum atomic E-state index is 13.0. The van der Waals surface area contributed by atoms with Crippen LogP contribution in [0.25, 0.3) is 0 Å². The number of sulfonamides is 2. The standard InChI is InChI=1S/C26H33Cl2N3O6S2/c27-22-7-6-21(25(28)17-22)19-38(33,34)31-15-4-5-20(18-31)26(32)29-12-16-37-23-8-10-24(11-9-23)39(35,36)30-13-2-1-3-14-30/h6-11,17,20H,1-5,12-16,18-19H2,(H,29,32). The molecule has 9 nitrogen and oxygen atoms in total. The van der Waals surface area contributed by atoms with Crippen LogP contribution in [0.1, 0.15) is 37.7 Å². The van der Waals surface area contributed by atoms with Crippen molar-refractivity contribution in [3.8, 4) is 5.75 Å². The van der Waals surface area contributed by atoms with Gasteiger partial charge in [-0.05, 0) is 67.6 Å². The van der Waals surface area contributed by atoms with Crippen LogP contribution >= 0.6 is 23.2 Å². The van der Waals surface area contributed by atoms with Crippen LogP contribution in [0.2, 0.25) is 10.0 Å². The van der Waals surface area contributed by atoms with Crippen LogP contribution < -0.4 is 10.1 Å². The fourth-order valence-electron chi connectivity index (χ4n) is 4.79. The maximum Gasteiger partial charge on any atom is 0.243 e. The normalized spacial score (nSPS) is 19.5. The average molecular weight is 619 g/mol. The van der Waals surface area contributed by atoms with Crippen LogP contribution in [0.3, 0.4) is 0 Å². The third kappa shape index (κ3) is 7.86. The second-order valence-corrected chi connectivity index (χ2v) is 14.5. The molecule has 1 atom stereocenters. The molecule has 2 aliphatic rings. The SMILES string of the molecule is O=C(NCCOc1ccc(S(=O)(=O)N2CCCCC2)cc1)C1CCCN(S(=O)(=O)Cc2ccc(Cl)cc2Cl)C1. The highest BCUT2D eigenvalue weighted by Crippen LogP contribution is 2.27. The molecular formula is C26H33Cl2N3O6S2. The van der Waals surface area contributed by atoms with Crippen molar-refractivity contribution in [3.05, 3.63) is 58.1 Å². The van der Waals surface area contributed by atoms with E-state index >= 15 is 0 Å². The van der Waals surface area contributed by atoms with Crippen LogP contribution in [-0.2, 0) is 30.6 Å². The zero-order chi connectivity index (χ0) is 28.0. The molecule has 1 N–H and O–H groups in total. The van der Waals surface area contributed by atoms with Crippen molar-refractivity contribution in [2.24, 2.45) is 5.92 Å². The molecule has 2 aromatic carbocycles. The highest BCUT2D eigenvalue weighted by molar-refractivity contribution is 7.89. The topological polar surface area (TPSA) is 113 Å². The second-order valence-electron chi connectivity index (χ2n) is 9.76. The summed E-state index contributed by atoms with van der Waals surface area (Å²) >= 11 is 12.1. The van der Waals surface area contributed by atoms with Gasteiger partial charge in [-0.15, -0.1) is 0 Å². The molecule has 0 saturated carbocycles. The molecule has 2 heterocycles. The highest BCUT2D eigenvalue weighted by atomic mass is 35.5. The number of rotatable bonds is 10. The number of amides is 1. The van der Waals surface area contributed by atoms with Crippen molar-refractivity contribution in [2.45, 2.75) is 42.8 Å². The summed E-state index contributed by atoms with van der Waals surface area (Å²) in [5.41, 5.74) is 0.460. The van der Waals surface area contributed by atoms with Crippen molar-refractivity contribution in [2.75, 3.05) is 39.3 Å². The largest absolute Gasteiger partial charge is 0.492 e. The molecule has 0 aliphatic carbocycles. The van der Waals surface area contributed by atoms with E-state index in [2.05, 4.69) is 5.32 Å². The van der Waals surface area contributed by atoms with E-state index in [1.54, 1.807) is 24.3 Å². The van der Waals surface area contributed by atoms with Gasteiger partial charge in [0.1, 0.15) is 12.4 Å². The number of piperidine rings is 2. The molecule has 2 aromatic rings. The fraction of sp³-hybridized carbons (Fsp3) is 0.500. The Morgan fingerprint density at radius 1 is 0.923 bits per heavy atom. The van der Waals surface area contributed by atoms with Gasteiger partial charge < -0.3 is 10.1 Å². The summed E-state index contributed by atoms with van der Waals surface area (Å²) in [6.07, 6.45) is 3.97. The molecule has 1 amide bonds. The first-order valence-electron chi connectivity index (χ1n) is 13.0. The van der Waals surface area contributed by atoms with Crippen LogP contribution in [0, 0.1) is 5.92 Å². The van der Waals surface area contributed by atoms with Crippen LogP contribution in [0.15, 0.2) is 47.4 Å². The lowest BCUT2D eigenvalue weighted by molar-refractivity contribution is -0.126. The minimum Gasteiger partial charge on any atom is -0.492 e. The van der Waals surface area contributed by atoms with Gasteiger partial charge in [-0.1, -0.05) is 35.7 Å². The lowest BCUT2D eigenvalue weighted by Crippen LogP contribution is -2.46. The van der Waals surface area contributed by atoms with Gasteiger partial charge in [0.05, 0.1) is 23.1 Å². The zero-order valence-electron chi connectivity index (χ0n) is 21.5. The van der Waals surface area contributed by atoms with E-state index in [1.807, 2.05) is 0 Å². The van der Waals surface area contributed by atoms with Gasteiger partial charge >= 0.3 is 0 Å². The Hall–Kier alpha value is -1.89. The first-order valence-corrected chi connectivity index (χ1v) is 16.8. The predicted octanol–water partition coefficient (Wildman–Crippen LogP) is 3.91. The third-order valence-corrected chi connectivity index (χ3v) is 11.2. The summed E-state index contributed by atoms with van der Waals surface area (Å²) in [5.74, 6) is -0.458. The van der Waals surface area contributed by atoms with E-state index in [-0.39, 0.29) is 41.3 Å². The van der Waals surface area contributed by atoms with Gasteiger partial charge in [-0.3, -0.25) is 4.79 Å². The molecule has 0 bridgehead atoms. The lowest BCUT2D eigenvalue weighted by Gasteiger charge is -2.31. The summed E-state index contributed by atoms with van der Waals surface area (Å²) in [7, 11) is -7.17. The van der Waals surface area contributed by atoms with Crippen molar-refractivity contribution < 1.29 is 26.4 Å². The summed E-state index contributed by atoms with van der Waals surface area (Å²) in [5, 5.41) is 3.53. The van der Waals surface area contributed by atoms with Gasteiger partial charge in [0.2, 0.25) is 26.0 Å². The van der Waals surface area contributed by atoms with E-state index in [4.69, 9.17) is 27.9 Å². The van der Waals surface area contributed by atoms with Crippen molar-refractivity contribution >= 4 is 49.2 Å². The molecule has 4 rings (SSSR count). The Morgan fingerprint density at radius 3 is 2.31 bits per heavy atom.